The Morgan fingerprint density at radius 1 is 1.56 bits per heavy atom. The number of nitrogens with zero attached hydrogens (tertiary/aromatic N) is 2. The van der Waals surface area contributed by atoms with Crippen LogP contribution in [0.25, 0.3) is 0 Å². The molecule has 0 spiro atoms. The van der Waals surface area contributed by atoms with Crippen LogP contribution in [-0.2, 0) is 11.2 Å². The molecule has 6 heteroatoms. The summed E-state index contributed by atoms with van der Waals surface area (Å²) in [7, 11) is 1.80. The van der Waals surface area contributed by atoms with Gasteiger partial charge in [0.05, 0.1) is 5.25 Å². The number of rotatable bonds is 4. The monoisotopic (exact) mass is 267 g/mol. The summed E-state index contributed by atoms with van der Waals surface area (Å²) in [5.74, 6) is 0.114. The van der Waals surface area contributed by atoms with Crippen LogP contribution in [0.3, 0.4) is 0 Å². The Labute approximate surface area is 110 Å². The van der Waals surface area contributed by atoms with Gasteiger partial charge in [0.2, 0.25) is 5.91 Å². The Morgan fingerprint density at radius 3 is 2.94 bits per heavy atom. The van der Waals surface area contributed by atoms with Crippen LogP contribution >= 0.6 is 11.8 Å². The van der Waals surface area contributed by atoms with Crippen LogP contribution in [0.2, 0.25) is 0 Å². The molecular weight excluding hydrogens is 250 g/mol. The molecule has 1 N–H and O–H groups in total. The second-order valence-corrected chi connectivity index (χ2v) is 5.64. The largest absolute Gasteiger partial charge is 0.345 e. The minimum Gasteiger partial charge on any atom is -0.345 e. The number of nitrogens with one attached hydrogen (secondary N) is 1. The predicted molar refractivity (Wildman–Crippen MR) is 70.8 cm³/mol. The molecule has 0 saturated carbocycles. The molecular formula is C12H17N3O2S. The van der Waals surface area contributed by atoms with Crippen molar-refractivity contribution >= 4 is 17.7 Å². The van der Waals surface area contributed by atoms with Crippen molar-refractivity contribution < 1.29 is 4.79 Å². The SMILES string of the molecule is CCCc1cc(=O)[nH]c(SC2CCN(C)C2=O)n1. The molecule has 18 heavy (non-hydrogen) atoms. The normalized spacial score (nSPS) is 19.6. The molecule has 0 aliphatic carbocycles. The summed E-state index contributed by atoms with van der Waals surface area (Å²) in [5, 5.41) is 0.439. The maximum Gasteiger partial charge on any atom is 0.251 e. The molecule has 0 radical (unpaired) electrons. The van der Waals surface area contributed by atoms with Gasteiger partial charge in [-0.1, -0.05) is 25.1 Å². The molecule has 0 aromatic carbocycles. The highest BCUT2D eigenvalue weighted by molar-refractivity contribution is 8.00. The Hall–Kier alpha value is -1.30. The van der Waals surface area contributed by atoms with Crippen LogP contribution < -0.4 is 5.56 Å². The third-order valence-electron chi connectivity index (χ3n) is 2.91. The zero-order chi connectivity index (χ0) is 13.1. The first kappa shape index (κ1) is 13.1. The van der Waals surface area contributed by atoms with Gasteiger partial charge in [0.1, 0.15) is 0 Å². The minimum atomic E-state index is -0.144. The molecule has 2 heterocycles. The summed E-state index contributed by atoms with van der Waals surface area (Å²) >= 11 is 1.36. The first-order valence-corrected chi connectivity index (χ1v) is 7.00. The third-order valence-corrected chi connectivity index (χ3v) is 4.05. The van der Waals surface area contributed by atoms with Crippen LogP contribution in [0.15, 0.2) is 16.0 Å². The van der Waals surface area contributed by atoms with Crippen molar-refractivity contribution in [2.45, 2.75) is 36.6 Å². The highest BCUT2D eigenvalue weighted by atomic mass is 32.2. The number of H-pyrrole nitrogens is 1. The van der Waals surface area contributed by atoms with Gasteiger partial charge in [0, 0.05) is 25.4 Å². The fourth-order valence-corrected chi connectivity index (χ4v) is 3.06. The molecule has 1 fully saturated rings. The Morgan fingerprint density at radius 2 is 2.33 bits per heavy atom. The van der Waals surface area contributed by atoms with Gasteiger partial charge in [-0.25, -0.2) is 4.98 Å². The molecule has 1 saturated heterocycles. The zero-order valence-electron chi connectivity index (χ0n) is 10.6. The van der Waals surface area contributed by atoms with Gasteiger partial charge in [0.15, 0.2) is 5.16 Å². The smallest absolute Gasteiger partial charge is 0.251 e. The van der Waals surface area contributed by atoms with Crippen molar-refractivity contribution in [3.05, 3.63) is 22.1 Å². The summed E-state index contributed by atoms with van der Waals surface area (Å²) < 4.78 is 0. The van der Waals surface area contributed by atoms with Gasteiger partial charge >= 0.3 is 0 Å². The number of carbonyl (C=O) groups excluding carboxylic acids is 1. The van der Waals surface area contributed by atoms with Gasteiger partial charge in [-0.2, -0.15) is 0 Å². The Balaban J connectivity index is 2.14. The van der Waals surface area contributed by atoms with Crippen molar-refractivity contribution in [1.82, 2.24) is 14.9 Å². The van der Waals surface area contributed by atoms with Crippen LogP contribution in [0.1, 0.15) is 25.5 Å². The van der Waals surface area contributed by atoms with Crippen molar-refractivity contribution in [2.24, 2.45) is 0 Å². The number of carbonyl (C=O) groups is 1. The number of thioether (sulfide) groups is 1. The molecule has 1 aromatic heterocycles. The molecule has 1 amide bonds. The lowest BCUT2D eigenvalue weighted by Gasteiger charge is -2.09. The molecule has 1 atom stereocenters. The summed E-state index contributed by atoms with van der Waals surface area (Å²) in [4.78, 5) is 32.1. The van der Waals surface area contributed by atoms with Crippen molar-refractivity contribution in [3.8, 4) is 0 Å². The van der Waals surface area contributed by atoms with Gasteiger partial charge in [-0.15, -0.1) is 0 Å². The topological polar surface area (TPSA) is 66.1 Å². The average Bonchev–Trinajstić information content (AvgIpc) is 2.61. The van der Waals surface area contributed by atoms with Crippen molar-refractivity contribution in [1.29, 1.82) is 0 Å². The highest BCUT2D eigenvalue weighted by Crippen LogP contribution is 2.27. The van der Waals surface area contributed by atoms with E-state index in [1.54, 1.807) is 11.9 Å². The van der Waals surface area contributed by atoms with E-state index in [-0.39, 0.29) is 16.7 Å². The summed E-state index contributed by atoms with van der Waals surface area (Å²) in [6.07, 6.45) is 2.55. The number of amides is 1. The molecule has 1 aliphatic rings. The molecule has 1 unspecified atom stereocenters. The Kier molecular flexibility index (Phi) is 4.06. The first-order chi connectivity index (χ1) is 8.60. The molecule has 5 nitrogen and oxygen atoms in total. The lowest BCUT2D eigenvalue weighted by molar-refractivity contribution is -0.126. The zero-order valence-corrected chi connectivity index (χ0v) is 11.4. The minimum absolute atomic E-state index is 0.114. The van der Waals surface area contributed by atoms with E-state index in [4.69, 9.17) is 0 Å². The fraction of sp³-hybridized carbons (Fsp3) is 0.583. The average molecular weight is 267 g/mol. The van der Waals surface area contributed by atoms with Gasteiger partial charge in [0.25, 0.3) is 5.56 Å². The maximum absolute atomic E-state index is 11.8. The van der Waals surface area contributed by atoms with Crippen molar-refractivity contribution in [2.75, 3.05) is 13.6 Å². The first-order valence-electron chi connectivity index (χ1n) is 6.12. The molecule has 98 valence electrons. The third kappa shape index (κ3) is 2.93. The van der Waals surface area contributed by atoms with Crippen LogP contribution in [-0.4, -0.2) is 39.6 Å². The predicted octanol–water partition coefficient (Wildman–Crippen LogP) is 1.05. The van der Waals surface area contributed by atoms with Crippen molar-refractivity contribution in [3.63, 3.8) is 0 Å². The number of aryl methyl sites for hydroxylation is 1. The summed E-state index contributed by atoms with van der Waals surface area (Å²) in [5.41, 5.74) is 0.650. The van der Waals surface area contributed by atoms with E-state index in [0.717, 1.165) is 31.5 Å². The van der Waals surface area contributed by atoms with Crippen LogP contribution in [0.4, 0.5) is 0 Å². The van der Waals surface area contributed by atoms with E-state index >= 15 is 0 Å². The molecule has 1 aromatic rings. The number of hydrogen-bond acceptors (Lipinski definition) is 4. The van der Waals surface area contributed by atoms with Gasteiger partial charge in [-0.3, -0.25) is 9.59 Å². The van der Waals surface area contributed by atoms with Crippen LogP contribution in [0.5, 0.6) is 0 Å². The van der Waals surface area contributed by atoms with Crippen LogP contribution in [0, 0.1) is 0 Å². The number of aromatic amines is 1. The molecule has 1 aliphatic heterocycles. The lowest BCUT2D eigenvalue weighted by Crippen LogP contribution is -2.24. The summed E-state index contributed by atoms with van der Waals surface area (Å²) in [6, 6.07) is 1.52. The number of aromatic nitrogens is 2. The van der Waals surface area contributed by atoms with E-state index in [1.165, 1.54) is 17.8 Å². The van der Waals surface area contributed by atoms with E-state index in [1.807, 2.05) is 6.92 Å². The van der Waals surface area contributed by atoms with Gasteiger partial charge in [-0.05, 0) is 12.8 Å². The standard InChI is InChI=1S/C12H17N3O2S/c1-3-4-8-7-10(16)14-12(13-8)18-9-5-6-15(2)11(9)17/h7,9H,3-6H2,1-2H3,(H,13,14,16). The number of likely N-dealkylation sites (tertiary alicyclic amines) is 1. The number of hydrogen-bond donors (Lipinski definition) is 1. The fourth-order valence-electron chi connectivity index (χ4n) is 1.96. The molecule has 0 bridgehead atoms. The van der Waals surface area contributed by atoms with E-state index in [0.29, 0.717) is 5.16 Å². The second kappa shape index (κ2) is 5.56. The van der Waals surface area contributed by atoms with Gasteiger partial charge < -0.3 is 9.88 Å². The molecule has 2 rings (SSSR count). The second-order valence-electron chi connectivity index (χ2n) is 4.45. The van der Waals surface area contributed by atoms with E-state index < -0.39 is 0 Å². The van der Waals surface area contributed by atoms with E-state index in [9.17, 15) is 9.59 Å². The quantitative estimate of drug-likeness (QED) is 0.828. The summed E-state index contributed by atoms with van der Waals surface area (Å²) in [6.45, 7) is 2.82. The lowest BCUT2D eigenvalue weighted by atomic mass is 10.2. The highest BCUT2D eigenvalue weighted by Gasteiger charge is 2.30. The Bertz CT molecular complexity index is 500. The maximum atomic E-state index is 11.8. The van der Waals surface area contributed by atoms with E-state index in [2.05, 4.69) is 9.97 Å².